The van der Waals surface area contributed by atoms with Crippen LogP contribution in [0, 0.1) is 5.92 Å². The Morgan fingerprint density at radius 3 is 2.86 bits per heavy atom. The predicted molar refractivity (Wildman–Crippen MR) is 114 cm³/mol. The second-order valence-corrected chi connectivity index (χ2v) is 8.56. The van der Waals surface area contributed by atoms with Gasteiger partial charge in [-0.05, 0) is 38.1 Å². The third-order valence-electron chi connectivity index (χ3n) is 5.01. The van der Waals surface area contributed by atoms with Crippen molar-refractivity contribution in [3.05, 3.63) is 36.4 Å². The number of likely N-dealkylation sites (tertiary alicyclic amines) is 1. The molecule has 28 heavy (non-hydrogen) atoms. The maximum absolute atomic E-state index is 12.8. The molecular formula is C21H24N4O2S. The minimum Gasteiger partial charge on any atom is -0.336 e. The largest absolute Gasteiger partial charge is 0.336 e. The normalized spacial score (nSPS) is 17.2. The zero-order chi connectivity index (χ0) is 19.7. The lowest BCUT2D eigenvalue weighted by Gasteiger charge is -2.32. The maximum atomic E-state index is 12.8. The number of rotatable bonds is 3. The number of fused-ring (bicyclic) bond motifs is 3. The smallest absolute Gasteiger partial charge is 0.317 e. The van der Waals surface area contributed by atoms with Crippen LogP contribution in [0.25, 0.3) is 21.0 Å². The van der Waals surface area contributed by atoms with Gasteiger partial charge in [0.15, 0.2) is 5.13 Å². The lowest BCUT2D eigenvalue weighted by Crippen LogP contribution is -2.49. The summed E-state index contributed by atoms with van der Waals surface area (Å²) in [6, 6.07) is 12.2. The molecule has 0 radical (unpaired) electrons. The van der Waals surface area contributed by atoms with Gasteiger partial charge in [-0.25, -0.2) is 9.78 Å². The van der Waals surface area contributed by atoms with Crippen LogP contribution in [0.3, 0.4) is 0 Å². The van der Waals surface area contributed by atoms with E-state index < -0.39 is 0 Å². The summed E-state index contributed by atoms with van der Waals surface area (Å²) in [5.74, 6) is -0.277. The van der Waals surface area contributed by atoms with Crippen LogP contribution in [0.4, 0.5) is 9.93 Å². The van der Waals surface area contributed by atoms with Gasteiger partial charge in [0, 0.05) is 24.5 Å². The van der Waals surface area contributed by atoms with Gasteiger partial charge < -0.3 is 15.5 Å². The van der Waals surface area contributed by atoms with Crippen molar-refractivity contribution >= 4 is 49.4 Å². The number of benzene rings is 2. The molecule has 0 aliphatic carbocycles. The first-order chi connectivity index (χ1) is 13.5. The molecule has 2 aromatic carbocycles. The van der Waals surface area contributed by atoms with Gasteiger partial charge in [-0.15, -0.1) is 0 Å². The number of anilines is 1. The molecule has 0 spiro atoms. The Hall–Kier alpha value is -2.67. The van der Waals surface area contributed by atoms with Gasteiger partial charge in [0.05, 0.1) is 16.1 Å². The van der Waals surface area contributed by atoms with E-state index >= 15 is 0 Å². The van der Waals surface area contributed by atoms with Gasteiger partial charge in [0.25, 0.3) is 0 Å². The Morgan fingerprint density at radius 2 is 2.04 bits per heavy atom. The number of amides is 3. The van der Waals surface area contributed by atoms with E-state index in [1.807, 2.05) is 32.0 Å². The highest BCUT2D eigenvalue weighted by molar-refractivity contribution is 7.22. The van der Waals surface area contributed by atoms with Crippen molar-refractivity contribution in [2.45, 2.75) is 32.7 Å². The lowest BCUT2D eigenvalue weighted by atomic mass is 9.97. The average Bonchev–Trinajstić information content (AvgIpc) is 3.10. The first kappa shape index (κ1) is 18.7. The number of urea groups is 1. The summed E-state index contributed by atoms with van der Waals surface area (Å²) >= 11 is 1.48. The summed E-state index contributed by atoms with van der Waals surface area (Å²) in [5.41, 5.74) is 0.917. The first-order valence-corrected chi connectivity index (χ1v) is 10.5. The van der Waals surface area contributed by atoms with E-state index in [1.165, 1.54) is 11.3 Å². The predicted octanol–water partition coefficient (Wildman–Crippen LogP) is 4.22. The number of hydrogen-bond donors (Lipinski definition) is 2. The second-order valence-electron chi connectivity index (χ2n) is 7.53. The topological polar surface area (TPSA) is 74.3 Å². The minimum absolute atomic E-state index is 0.0644. The Balaban J connectivity index is 1.48. The van der Waals surface area contributed by atoms with E-state index in [9.17, 15) is 9.59 Å². The number of nitrogens with zero attached hydrogens (tertiary/aromatic N) is 2. The number of carbonyl (C=O) groups is 2. The summed E-state index contributed by atoms with van der Waals surface area (Å²) in [5, 5.41) is 8.71. The zero-order valence-electron chi connectivity index (χ0n) is 16.1. The fraction of sp³-hybridized carbons (Fsp3) is 0.381. The van der Waals surface area contributed by atoms with E-state index in [0.29, 0.717) is 18.2 Å². The van der Waals surface area contributed by atoms with Gasteiger partial charge in [-0.1, -0.05) is 41.7 Å². The third-order valence-corrected chi connectivity index (χ3v) is 5.94. The van der Waals surface area contributed by atoms with Crippen molar-refractivity contribution in [3.63, 3.8) is 0 Å². The Kier molecular flexibility index (Phi) is 5.17. The number of piperidine rings is 1. The molecule has 1 aliphatic heterocycles. The van der Waals surface area contributed by atoms with Crippen molar-refractivity contribution in [2.24, 2.45) is 5.92 Å². The SMILES string of the molecule is CC(C)NC(=O)N1CCCC(C(=O)Nc2nc3c(ccc4ccccc43)s2)C1. The van der Waals surface area contributed by atoms with Crippen LogP contribution in [-0.2, 0) is 4.79 Å². The van der Waals surface area contributed by atoms with Gasteiger partial charge >= 0.3 is 6.03 Å². The molecule has 146 valence electrons. The highest BCUT2D eigenvalue weighted by Crippen LogP contribution is 2.32. The number of carbonyl (C=O) groups excluding carboxylic acids is 2. The highest BCUT2D eigenvalue weighted by Gasteiger charge is 2.29. The van der Waals surface area contributed by atoms with Crippen LogP contribution in [-0.4, -0.2) is 41.0 Å². The van der Waals surface area contributed by atoms with Crippen LogP contribution in [0.1, 0.15) is 26.7 Å². The Bertz CT molecular complexity index is 1030. The zero-order valence-corrected chi connectivity index (χ0v) is 16.9. The number of aromatic nitrogens is 1. The lowest BCUT2D eigenvalue weighted by molar-refractivity contribution is -0.121. The fourth-order valence-corrected chi connectivity index (χ4v) is 4.52. The molecule has 4 rings (SSSR count). The maximum Gasteiger partial charge on any atom is 0.317 e. The molecule has 7 heteroatoms. The summed E-state index contributed by atoms with van der Waals surface area (Å²) in [4.78, 5) is 31.4. The average molecular weight is 397 g/mol. The molecule has 6 nitrogen and oxygen atoms in total. The number of hydrogen-bond acceptors (Lipinski definition) is 4. The third kappa shape index (κ3) is 3.80. The number of nitrogens with one attached hydrogen (secondary N) is 2. The molecule has 1 atom stereocenters. The van der Waals surface area contributed by atoms with Gasteiger partial charge in [-0.3, -0.25) is 4.79 Å². The molecule has 2 heterocycles. The van der Waals surface area contributed by atoms with Crippen molar-refractivity contribution < 1.29 is 9.59 Å². The van der Waals surface area contributed by atoms with Crippen molar-refractivity contribution in [2.75, 3.05) is 18.4 Å². The molecule has 1 unspecified atom stereocenters. The quantitative estimate of drug-likeness (QED) is 0.696. The van der Waals surface area contributed by atoms with E-state index in [0.717, 1.165) is 33.8 Å². The molecule has 2 N–H and O–H groups in total. The van der Waals surface area contributed by atoms with E-state index in [4.69, 9.17) is 0 Å². The summed E-state index contributed by atoms with van der Waals surface area (Å²) in [6.45, 7) is 5.00. The van der Waals surface area contributed by atoms with Crippen LogP contribution in [0.15, 0.2) is 36.4 Å². The fourth-order valence-electron chi connectivity index (χ4n) is 3.64. The Labute approximate surface area is 167 Å². The van der Waals surface area contributed by atoms with Crippen molar-refractivity contribution in [1.82, 2.24) is 15.2 Å². The summed E-state index contributed by atoms with van der Waals surface area (Å²) < 4.78 is 1.05. The van der Waals surface area contributed by atoms with E-state index in [2.05, 4.69) is 33.8 Å². The van der Waals surface area contributed by atoms with Gasteiger partial charge in [-0.2, -0.15) is 0 Å². The molecule has 1 saturated heterocycles. The molecule has 1 aliphatic rings. The summed E-state index contributed by atoms with van der Waals surface area (Å²) in [7, 11) is 0. The molecule has 3 aromatic rings. The molecular weight excluding hydrogens is 372 g/mol. The number of thiazole rings is 1. The van der Waals surface area contributed by atoms with Crippen LogP contribution >= 0.6 is 11.3 Å². The first-order valence-electron chi connectivity index (χ1n) is 9.66. The van der Waals surface area contributed by atoms with E-state index in [1.54, 1.807) is 4.90 Å². The second kappa shape index (κ2) is 7.75. The molecule has 1 aromatic heterocycles. The van der Waals surface area contributed by atoms with Crippen LogP contribution in [0.5, 0.6) is 0 Å². The van der Waals surface area contributed by atoms with Gasteiger partial charge in [0.1, 0.15) is 0 Å². The molecule has 0 bridgehead atoms. The molecule has 0 saturated carbocycles. The summed E-state index contributed by atoms with van der Waals surface area (Å²) in [6.07, 6.45) is 1.61. The molecule has 1 fully saturated rings. The molecule has 3 amide bonds. The van der Waals surface area contributed by atoms with Crippen molar-refractivity contribution in [3.8, 4) is 0 Å². The highest BCUT2D eigenvalue weighted by atomic mass is 32.1. The monoisotopic (exact) mass is 396 g/mol. The standard InChI is InChI=1S/C21H24N4O2S/c1-13(2)22-21(27)25-11-5-7-15(12-25)19(26)24-20-23-18-16-8-4-3-6-14(16)9-10-17(18)28-20/h3-4,6,8-10,13,15H,5,7,11-12H2,1-2H3,(H,22,27)(H,23,24,26). The van der Waals surface area contributed by atoms with E-state index in [-0.39, 0.29) is 23.9 Å². The minimum atomic E-state index is -0.213. The van der Waals surface area contributed by atoms with Gasteiger partial charge in [0.2, 0.25) is 5.91 Å². The van der Waals surface area contributed by atoms with Crippen LogP contribution in [0.2, 0.25) is 0 Å². The van der Waals surface area contributed by atoms with Crippen LogP contribution < -0.4 is 10.6 Å². The van der Waals surface area contributed by atoms with Crippen molar-refractivity contribution in [1.29, 1.82) is 0 Å². The Morgan fingerprint density at radius 1 is 1.21 bits per heavy atom.